The summed E-state index contributed by atoms with van der Waals surface area (Å²) in [6.45, 7) is 0. The molecule has 9 nitrogen and oxygen atoms in total. The molecule has 0 spiro atoms. The summed E-state index contributed by atoms with van der Waals surface area (Å²) in [5.41, 5.74) is 5.28. The lowest BCUT2D eigenvalue weighted by molar-refractivity contribution is 0.253. The van der Waals surface area contributed by atoms with Crippen LogP contribution in [0.5, 0.6) is 0 Å². The highest BCUT2D eigenvalue weighted by molar-refractivity contribution is 5.97. The van der Waals surface area contributed by atoms with Gasteiger partial charge in [-0.3, -0.25) is 4.68 Å². The summed E-state index contributed by atoms with van der Waals surface area (Å²) in [5.74, 6) is 0.117. The van der Waals surface area contributed by atoms with Crippen molar-refractivity contribution in [3.8, 4) is 28.6 Å². The summed E-state index contributed by atoms with van der Waals surface area (Å²) in [7, 11) is 1.88. The van der Waals surface area contributed by atoms with Gasteiger partial charge in [0.05, 0.1) is 47.5 Å². The van der Waals surface area contributed by atoms with Crippen LogP contribution in [0.25, 0.3) is 39.1 Å². The van der Waals surface area contributed by atoms with Gasteiger partial charge in [-0.1, -0.05) is 0 Å². The van der Waals surface area contributed by atoms with Crippen molar-refractivity contribution in [1.82, 2.24) is 38.9 Å². The van der Waals surface area contributed by atoms with E-state index >= 15 is 0 Å². The maximum atomic E-state index is 9.17. The minimum Gasteiger partial charge on any atom is -0.329 e. The molecule has 6 rings (SSSR count). The number of rotatable bonds is 3. The Bertz CT molecular complexity index is 1440. The number of aryl methyl sites for hydroxylation is 1. The van der Waals surface area contributed by atoms with Crippen molar-refractivity contribution in [2.75, 3.05) is 0 Å². The molecule has 1 aliphatic rings. The molecule has 0 atom stereocenters. The number of nitrogens with zero attached hydrogens (tertiary/aromatic N) is 9. The Morgan fingerprint density at radius 3 is 2.83 bits per heavy atom. The van der Waals surface area contributed by atoms with Crippen LogP contribution in [0.1, 0.15) is 18.9 Å². The lowest BCUT2D eigenvalue weighted by atomic mass is 9.81. The summed E-state index contributed by atoms with van der Waals surface area (Å²) in [5, 5.41) is 18.8. The fraction of sp³-hybridized carbons (Fsp3) is 0.238. The Hall–Kier alpha value is -4.06. The van der Waals surface area contributed by atoms with Crippen molar-refractivity contribution in [2.45, 2.75) is 18.9 Å². The van der Waals surface area contributed by atoms with Gasteiger partial charge in [-0.05, 0) is 18.9 Å². The highest BCUT2D eigenvalue weighted by Gasteiger charge is 2.32. The summed E-state index contributed by atoms with van der Waals surface area (Å²) in [6, 6.07) is 4.58. The Balaban J connectivity index is 1.57. The van der Waals surface area contributed by atoms with Gasteiger partial charge in [-0.25, -0.2) is 19.5 Å². The molecule has 0 radical (unpaired) electrons. The van der Waals surface area contributed by atoms with Crippen molar-refractivity contribution >= 4 is 16.6 Å². The van der Waals surface area contributed by atoms with Crippen molar-refractivity contribution in [2.24, 2.45) is 13.0 Å². The second-order valence-electron chi connectivity index (χ2n) is 7.70. The Kier molecular flexibility index (Phi) is 3.49. The molecule has 0 N–H and O–H groups in total. The molecule has 0 saturated heterocycles. The van der Waals surface area contributed by atoms with Crippen molar-refractivity contribution < 1.29 is 0 Å². The molecule has 1 fully saturated rings. The normalized spacial score (nSPS) is 18.5. The molecule has 0 aromatic carbocycles. The molecule has 1 saturated carbocycles. The van der Waals surface area contributed by atoms with Gasteiger partial charge < -0.3 is 4.57 Å². The van der Waals surface area contributed by atoms with Gasteiger partial charge in [0.15, 0.2) is 0 Å². The molecule has 5 aromatic heterocycles. The van der Waals surface area contributed by atoms with Crippen LogP contribution in [-0.2, 0) is 7.05 Å². The standard InChI is InChI=1S/C21H17N9/c1-28-9-14(7-26-28)18-11-30-19(2-3-25-30)20(27-18)17-10-29(15-4-13(5-15)6-22)21-16(17)8-23-12-24-21/h2-3,7-13,15H,4-5H2,1H3. The minimum absolute atomic E-state index is 0.117. The molecule has 30 heavy (non-hydrogen) atoms. The van der Waals surface area contributed by atoms with E-state index in [1.807, 2.05) is 36.2 Å². The summed E-state index contributed by atoms with van der Waals surface area (Å²) >= 11 is 0. The Labute approximate surface area is 171 Å². The summed E-state index contributed by atoms with van der Waals surface area (Å²) < 4.78 is 5.77. The average molecular weight is 395 g/mol. The first-order valence-corrected chi connectivity index (χ1v) is 9.75. The third-order valence-electron chi connectivity index (χ3n) is 5.83. The van der Waals surface area contributed by atoms with Gasteiger partial charge in [0.2, 0.25) is 0 Å². The molecule has 0 amide bonds. The van der Waals surface area contributed by atoms with E-state index in [4.69, 9.17) is 4.98 Å². The van der Waals surface area contributed by atoms with E-state index < -0.39 is 0 Å². The highest BCUT2D eigenvalue weighted by Crippen LogP contribution is 2.41. The van der Waals surface area contributed by atoms with Crippen LogP contribution >= 0.6 is 0 Å². The van der Waals surface area contributed by atoms with Crippen LogP contribution in [0, 0.1) is 17.2 Å². The van der Waals surface area contributed by atoms with E-state index in [-0.39, 0.29) is 12.0 Å². The van der Waals surface area contributed by atoms with Gasteiger partial charge in [-0.2, -0.15) is 15.5 Å². The van der Waals surface area contributed by atoms with Crippen molar-refractivity contribution in [1.29, 1.82) is 5.26 Å². The van der Waals surface area contributed by atoms with E-state index in [0.29, 0.717) is 0 Å². The third-order valence-corrected chi connectivity index (χ3v) is 5.83. The number of aromatic nitrogens is 8. The van der Waals surface area contributed by atoms with Crippen LogP contribution < -0.4 is 0 Å². The predicted molar refractivity (Wildman–Crippen MR) is 109 cm³/mol. The molecule has 0 bridgehead atoms. The number of nitriles is 1. The smallest absolute Gasteiger partial charge is 0.144 e. The zero-order valence-electron chi connectivity index (χ0n) is 16.2. The maximum absolute atomic E-state index is 9.17. The van der Waals surface area contributed by atoms with Crippen molar-refractivity contribution in [3.05, 3.63) is 49.6 Å². The van der Waals surface area contributed by atoms with Crippen molar-refractivity contribution in [3.63, 3.8) is 0 Å². The van der Waals surface area contributed by atoms with Gasteiger partial charge in [0.1, 0.15) is 12.0 Å². The third kappa shape index (κ3) is 2.43. The highest BCUT2D eigenvalue weighted by atomic mass is 15.2. The van der Waals surface area contributed by atoms with Crippen LogP contribution in [0.4, 0.5) is 0 Å². The monoisotopic (exact) mass is 395 g/mol. The first kappa shape index (κ1) is 16.9. The average Bonchev–Trinajstić information content (AvgIpc) is 3.45. The number of fused-ring (bicyclic) bond motifs is 2. The number of hydrogen-bond donors (Lipinski definition) is 0. The Morgan fingerprint density at radius 1 is 1.13 bits per heavy atom. The second-order valence-corrected chi connectivity index (χ2v) is 7.70. The zero-order valence-corrected chi connectivity index (χ0v) is 16.2. The SMILES string of the molecule is Cn1cc(-c2cn3nccc3c(-c3cn(C4CC(C#N)C4)c4ncncc34)n2)cn1. The fourth-order valence-corrected chi connectivity index (χ4v) is 4.19. The summed E-state index contributed by atoms with van der Waals surface area (Å²) in [6.07, 6.45) is 14.6. The maximum Gasteiger partial charge on any atom is 0.144 e. The van der Waals surface area contributed by atoms with Crippen LogP contribution in [0.2, 0.25) is 0 Å². The lowest BCUT2D eigenvalue weighted by Gasteiger charge is -2.32. The van der Waals surface area contributed by atoms with Gasteiger partial charge in [0, 0.05) is 48.2 Å². The van der Waals surface area contributed by atoms with E-state index in [1.54, 1.807) is 23.4 Å². The summed E-state index contributed by atoms with van der Waals surface area (Å²) in [4.78, 5) is 13.8. The lowest BCUT2D eigenvalue weighted by Crippen LogP contribution is -2.25. The predicted octanol–water partition coefficient (Wildman–Crippen LogP) is 3.02. The second kappa shape index (κ2) is 6.22. The van der Waals surface area contributed by atoms with Gasteiger partial charge in [0.25, 0.3) is 0 Å². The number of hydrogen-bond acceptors (Lipinski definition) is 6. The quantitative estimate of drug-likeness (QED) is 0.465. The van der Waals surface area contributed by atoms with Crippen LogP contribution in [-0.4, -0.2) is 38.9 Å². The van der Waals surface area contributed by atoms with E-state index in [0.717, 1.165) is 51.9 Å². The van der Waals surface area contributed by atoms with E-state index in [1.165, 1.54) is 0 Å². The van der Waals surface area contributed by atoms with E-state index in [9.17, 15) is 5.26 Å². The molecule has 1 aliphatic carbocycles. The molecule has 0 aliphatic heterocycles. The molecule has 0 unspecified atom stereocenters. The molecule has 9 heteroatoms. The zero-order chi connectivity index (χ0) is 20.2. The first-order valence-electron chi connectivity index (χ1n) is 9.75. The molecule has 5 heterocycles. The van der Waals surface area contributed by atoms with Gasteiger partial charge in [-0.15, -0.1) is 0 Å². The molecule has 5 aromatic rings. The van der Waals surface area contributed by atoms with E-state index in [2.05, 4.69) is 37.0 Å². The topological polar surface area (TPSA) is 103 Å². The van der Waals surface area contributed by atoms with Crippen LogP contribution in [0.3, 0.4) is 0 Å². The van der Waals surface area contributed by atoms with Gasteiger partial charge >= 0.3 is 0 Å². The minimum atomic E-state index is 0.117. The fourth-order valence-electron chi connectivity index (χ4n) is 4.19. The Morgan fingerprint density at radius 2 is 2.03 bits per heavy atom. The van der Waals surface area contributed by atoms with Crippen LogP contribution in [0.15, 0.2) is 49.6 Å². The molecule has 146 valence electrons. The molecular weight excluding hydrogens is 378 g/mol. The first-order chi connectivity index (χ1) is 14.7. The molecular formula is C21H17N9. The largest absolute Gasteiger partial charge is 0.329 e.